The number of benzene rings is 1. The van der Waals surface area contributed by atoms with E-state index in [0.717, 1.165) is 32.4 Å². The van der Waals surface area contributed by atoms with E-state index < -0.39 is 0 Å². The largest absolute Gasteiger partial charge is 0.469 e. The first-order valence-electron chi connectivity index (χ1n) is 9.52. The molecule has 0 spiro atoms. The molecule has 2 aliphatic rings. The molecule has 0 fully saturated rings. The first kappa shape index (κ1) is 16.4. The van der Waals surface area contributed by atoms with Crippen LogP contribution in [0.1, 0.15) is 56.2 Å². The maximum atomic E-state index is 11.6. The van der Waals surface area contributed by atoms with Gasteiger partial charge in [-0.3, -0.25) is 4.79 Å². The lowest BCUT2D eigenvalue weighted by Crippen LogP contribution is -2.40. The Labute approximate surface area is 148 Å². The molecule has 1 N–H and O–H groups in total. The van der Waals surface area contributed by atoms with Crippen molar-refractivity contribution in [1.29, 1.82) is 0 Å². The predicted octanol–water partition coefficient (Wildman–Crippen LogP) is 3.84. The highest BCUT2D eigenvalue weighted by atomic mass is 16.5. The van der Waals surface area contributed by atoms with Crippen LogP contribution in [0, 0.1) is 5.92 Å². The van der Waals surface area contributed by atoms with Gasteiger partial charge in [-0.15, -0.1) is 0 Å². The Kier molecular flexibility index (Phi) is 4.36. The van der Waals surface area contributed by atoms with E-state index >= 15 is 0 Å². The van der Waals surface area contributed by atoms with Gasteiger partial charge in [-0.2, -0.15) is 0 Å². The molecule has 132 valence electrons. The van der Waals surface area contributed by atoms with Gasteiger partial charge in [0.1, 0.15) is 18.8 Å². The zero-order valence-electron chi connectivity index (χ0n) is 15.2. The molecular formula is C21H27N2O2+. The summed E-state index contributed by atoms with van der Waals surface area (Å²) in [4.78, 5) is 15.4. The van der Waals surface area contributed by atoms with Crippen molar-refractivity contribution in [2.45, 2.75) is 44.9 Å². The number of fused-ring (bicyclic) bond motifs is 4. The number of aromatic amines is 1. The molecule has 25 heavy (non-hydrogen) atoms. The number of ether oxygens (including phenoxy) is 1. The van der Waals surface area contributed by atoms with Crippen molar-refractivity contribution in [1.82, 2.24) is 4.98 Å². The molecular weight excluding hydrogens is 312 g/mol. The fourth-order valence-corrected chi connectivity index (χ4v) is 4.75. The lowest BCUT2D eigenvalue weighted by molar-refractivity contribution is -0.539. The van der Waals surface area contributed by atoms with Crippen molar-refractivity contribution in [2.75, 3.05) is 20.2 Å². The lowest BCUT2D eigenvalue weighted by atomic mass is 9.80. The Hall–Kier alpha value is -2.10. The van der Waals surface area contributed by atoms with Crippen LogP contribution in [0.15, 0.2) is 24.3 Å². The fraction of sp³-hybridized carbons (Fsp3) is 0.524. The van der Waals surface area contributed by atoms with Crippen LogP contribution < -0.4 is 0 Å². The van der Waals surface area contributed by atoms with Crippen LogP contribution in [-0.4, -0.2) is 41.4 Å². The molecule has 1 aromatic heterocycles. The summed E-state index contributed by atoms with van der Waals surface area (Å²) >= 11 is 0. The molecule has 0 saturated heterocycles. The summed E-state index contributed by atoms with van der Waals surface area (Å²) in [7, 11) is 1.48. The van der Waals surface area contributed by atoms with E-state index in [1.165, 1.54) is 41.4 Å². The Morgan fingerprint density at radius 3 is 2.96 bits per heavy atom. The number of methoxy groups -OCH3 is 1. The van der Waals surface area contributed by atoms with Crippen LogP contribution >= 0.6 is 0 Å². The van der Waals surface area contributed by atoms with E-state index in [4.69, 9.17) is 4.74 Å². The number of hydrogen-bond acceptors (Lipinski definition) is 2. The number of carbonyl (C=O) groups excluding carboxylic acids is 1. The Morgan fingerprint density at radius 1 is 1.32 bits per heavy atom. The van der Waals surface area contributed by atoms with Gasteiger partial charge >= 0.3 is 5.97 Å². The van der Waals surface area contributed by atoms with Crippen molar-refractivity contribution < 1.29 is 14.1 Å². The number of nitrogens with one attached hydrogen (secondary N) is 1. The van der Waals surface area contributed by atoms with E-state index in [9.17, 15) is 4.79 Å². The summed E-state index contributed by atoms with van der Waals surface area (Å²) in [5, 5.41) is 1.37. The van der Waals surface area contributed by atoms with Gasteiger partial charge in [-0.1, -0.05) is 25.1 Å². The van der Waals surface area contributed by atoms with Crippen molar-refractivity contribution in [3.05, 3.63) is 35.5 Å². The number of rotatable bonds is 4. The van der Waals surface area contributed by atoms with Crippen molar-refractivity contribution in [3.63, 3.8) is 0 Å². The average molecular weight is 339 g/mol. The van der Waals surface area contributed by atoms with E-state index in [2.05, 4.69) is 40.7 Å². The highest BCUT2D eigenvalue weighted by molar-refractivity contribution is 6.05. The van der Waals surface area contributed by atoms with Gasteiger partial charge in [-0.05, 0) is 25.3 Å². The van der Waals surface area contributed by atoms with E-state index in [-0.39, 0.29) is 5.97 Å². The Balaban J connectivity index is 1.79. The minimum atomic E-state index is -0.100. The molecule has 0 aliphatic carbocycles. The second-order valence-electron chi connectivity index (χ2n) is 7.35. The molecule has 1 aromatic carbocycles. The van der Waals surface area contributed by atoms with Gasteiger partial charge in [0.15, 0.2) is 0 Å². The standard InChI is InChI=1S/C21H26N2O2/c1-3-14-13-23-12-6-7-15(10-11-18(24)25-2)21(23)20-19(14)16-8-4-5-9-17(16)22-20/h4-5,8-9,14-15H,3,6-7,10-13H2,1-2H3/p+1/t14?,15-/m0/s1. The third-order valence-corrected chi connectivity index (χ3v) is 5.98. The molecule has 3 heterocycles. The van der Waals surface area contributed by atoms with Crippen LogP contribution in [-0.2, 0) is 9.53 Å². The zero-order valence-corrected chi connectivity index (χ0v) is 15.2. The predicted molar refractivity (Wildman–Crippen MR) is 99.4 cm³/mol. The smallest absolute Gasteiger partial charge is 0.305 e. The summed E-state index contributed by atoms with van der Waals surface area (Å²) in [5.74, 6) is 0.920. The van der Waals surface area contributed by atoms with E-state index in [1.54, 1.807) is 0 Å². The molecule has 0 saturated carbocycles. The third-order valence-electron chi connectivity index (χ3n) is 5.98. The number of para-hydroxylation sites is 1. The van der Waals surface area contributed by atoms with Gasteiger partial charge in [0.2, 0.25) is 5.71 Å². The molecule has 2 aliphatic heterocycles. The van der Waals surface area contributed by atoms with Crippen LogP contribution in [0.2, 0.25) is 0 Å². The molecule has 4 heteroatoms. The molecule has 4 nitrogen and oxygen atoms in total. The Bertz CT molecular complexity index is 834. The SMILES string of the molecule is CCC1C[N+]2=C(c3[nH]c4ccccc4c31)[C@H](CCC(=O)OC)CCC2. The monoisotopic (exact) mass is 339 g/mol. The van der Waals surface area contributed by atoms with Crippen LogP contribution in [0.25, 0.3) is 10.9 Å². The molecule has 1 unspecified atom stereocenters. The van der Waals surface area contributed by atoms with Gasteiger partial charge in [0.25, 0.3) is 0 Å². The highest BCUT2D eigenvalue weighted by Crippen LogP contribution is 2.38. The Morgan fingerprint density at radius 2 is 2.16 bits per heavy atom. The topological polar surface area (TPSA) is 45.1 Å². The van der Waals surface area contributed by atoms with Crippen molar-refractivity contribution in [3.8, 4) is 0 Å². The van der Waals surface area contributed by atoms with Gasteiger partial charge in [0, 0.05) is 41.1 Å². The highest BCUT2D eigenvalue weighted by Gasteiger charge is 2.40. The zero-order chi connectivity index (χ0) is 17.4. The number of H-pyrrole nitrogens is 1. The number of hydrogen-bond donors (Lipinski definition) is 1. The molecule has 0 radical (unpaired) electrons. The maximum Gasteiger partial charge on any atom is 0.305 e. The van der Waals surface area contributed by atoms with Crippen LogP contribution in [0.4, 0.5) is 0 Å². The van der Waals surface area contributed by atoms with Crippen LogP contribution in [0.5, 0.6) is 0 Å². The second-order valence-corrected chi connectivity index (χ2v) is 7.35. The van der Waals surface area contributed by atoms with Gasteiger partial charge in [0.05, 0.1) is 7.11 Å². The number of esters is 1. The normalized spacial score (nSPS) is 22.6. The fourth-order valence-electron chi connectivity index (χ4n) is 4.75. The van der Waals surface area contributed by atoms with Gasteiger partial charge in [-0.25, -0.2) is 4.58 Å². The maximum absolute atomic E-state index is 11.6. The molecule has 0 bridgehead atoms. The van der Waals surface area contributed by atoms with Crippen molar-refractivity contribution >= 4 is 22.6 Å². The molecule has 0 amide bonds. The average Bonchev–Trinajstić information content (AvgIpc) is 3.04. The van der Waals surface area contributed by atoms with Crippen molar-refractivity contribution in [2.24, 2.45) is 5.92 Å². The second kappa shape index (κ2) is 6.66. The third kappa shape index (κ3) is 2.78. The van der Waals surface area contributed by atoms with E-state index in [0.29, 0.717) is 18.3 Å². The minimum absolute atomic E-state index is 0.100. The summed E-state index contributed by atoms with van der Waals surface area (Å²) in [6, 6.07) is 8.66. The molecule has 2 aromatic rings. The summed E-state index contributed by atoms with van der Waals surface area (Å²) in [6.07, 6.45) is 4.91. The van der Waals surface area contributed by atoms with Crippen LogP contribution in [0.3, 0.4) is 0 Å². The van der Waals surface area contributed by atoms with Gasteiger partial charge < -0.3 is 9.72 Å². The molecule has 2 atom stereocenters. The first-order chi connectivity index (χ1) is 12.2. The first-order valence-corrected chi connectivity index (χ1v) is 9.52. The molecule has 4 rings (SSSR count). The number of carbonyl (C=O) groups is 1. The number of nitrogens with zero attached hydrogens (tertiary/aromatic N) is 1. The quantitative estimate of drug-likeness (QED) is 0.679. The van der Waals surface area contributed by atoms with E-state index in [1.807, 2.05) is 0 Å². The minimum Gasteiger partial charge on any atom is -0.469 e. The number of aromatic nitrogens is 1. The summed E-state index contributed by atoms with van der Waals surface area (Å²) < 4.78 is 7.44. The summed E-state index contributed by atoms with van der Waals surface area (Å²) in [6.45, 7) is 4.53. The lowest BCUT2D eigenvalue weighted by Gasteiger charge is -2.29. The summed E-state index contributed by atoms with van der Waals surface area (Å²) in [5.41, 5.74) is 5.49.